The first-order chi connectivity index (χ1) is 12.6. The van der Waals surface area contributed by atoms with Crippen LogP contribution in [0.3, 0.4) is 0 Å². The summed E-state index contributed by atoms with van der Waals surface area (Å²) in [6.45, 7) is 8.09. The van der Waals surface area contributed by atoms with Crippen LogP contribution in [0.15, 0.2) is 23.1 Å². The first-order valence-electron chi connectivity index (χ1n) is 9.06. The van der Waals surface area contributed by atoms with Crippen molar-refractivity contribution < 1.29 is 18.0 Å². The predicted molar refractivity (Wildman–Crippen MR) is 104 cm³/mol. The minimum absolute atomic E-state index is 0.00571. The minimum atomic E-state index is -3.96. The molecule has 1 saturated heterocycles. The van der Waals surface area contributed by atoms with Gasteiger partial charge in [0.1, 0.15) is 4.90 Å². The lowest BCUT2D eigenvalue weighted by atomic mass is 10.1. The molecule has 1 aliphatic rings. The van der Waals surface area contributed by atoms with Crippen LogP contribution in [0.4, 0.5) is 5.69 Å². The lowest BCUT2D eigenvalue weighted by molar-refractivity contribution is -0.122. The number of benzene rings is 1. The molecular formula is C18H28N4O4S. The van der Waals surface area contributed by atoms with Gasteiger partial charge in [0.15, 0.2) is 5.78 Å². The maximum Gasteiger partial charge on any atom is 0.240 e. The second-order valence-electron chi connectivity index (χ2n) is 6.92. The average Bonchev–Trinajstić information content (AvgIpc) is 2.60. The van der Waals surface area contributed by atoms with E-state index in [1.807, 2.05) is 23.6 Å². The molecule has 1 aliphatic heterocycles. The number of rotatable bonds is 7. The van der Waals surface area contributed by atoms with Gasteiger partial charge in [0, 0.05) is 37.8 Å². The number of primary sulfonamides is 1. The van der Waals surface area contributed by atoms with Crippen molar-refractivity contribution in [2.45, 2.75) is 38.1 Å². The largest absolute Gasteiger partial charge is 0.368 e. The molecule has 0 radical (unpaired) electrons. The van der Waals surface area contributed by atoms with Crippen LogP contribution >= 0.6 is 0 Å². The van der Waals surface area contributed by atoms with E-state index in [1.54, 1.807) is 12.1 Å². The normalized spacial score (nSPS) is 16.8. The van der Waals surface area contributed by atoms with E-state index >= 15 is 0 Å². The second kappa shape index (κ2) is 8.81. The Hall–Kier alpha value is -1.97. The number of piperazine rings is 1. The molecule has 1 aromatic carbocycles. The number of carbonyl (C=O) groups is 2. The molecular weight excluding hydrogens is 368 g/mol. The number of hydrogen-bond acceptors (Lipinski definition) is 6. The van der Waals surface area contributed by atoms with E-state index in [1.165, 1.54) is 13.0 Å². The number of carbonyl (C=O) groups excluding carboxylic acids is 2. The van der Waals surface area contributed by atoms with Crippen LogP contribution < -0.4 is 15.4 Å². The van der Waals surface area contributed by atoms with E-state index in [2.05, 4.69) is 5.32 Å². The van der Waals surface area contributed by atoms with Gasteiger partial charge in [-0.2, -0.15) is 0 Å². The number of ketones is 1. The van der Waals surface area contributed by atoms with E-state index in [9.17, 15) is 18.0 Å². The van der Waals surface area contributed by atoms with E-state index in [-0.39, 0.29) is 22.6 Å². The molecule has 9 heteroatoms. The quantitative estimate of drug-likeness (QED) is 0.652. The molecule has 1 amide bonds. The Balaban J connectivity index is 2.07. The van der Waals surface area contributed by atoms with Crippen LogP contribution in [-0.2, 0) is 14.8 Å². The minimum Gasteiger partial charge on any atom is -0.368 e. The molecule has 1 fully saturated rings. The fraction of sp³-hybridized carbons (Fsp3) is 0.556. The summed E-state index contributed by atoms with van der Waals surface area (Å²) in [6.07, 6.45) is 0.881. The van der Waals surface area contributed by atoms with Gasteiger partial charge in [-0.25, -0.2) is 13.6 Å². The van der Waals surface area contributed by atoms with Crippen LogP contribution in [0, 0.1) is 0 Å². The number of anilines is 1. The highest BCUT2D eigenvalue weighted by Gasteiger charge is 2.24. The number of amides is 1. The van der Waals surface area contributed by atoms with Crippen molar-refractivity contribution in [1.29, 1.82) is 0 Å². The molecule has 150 valence electrons. The average molecular weight is 397 g/mol. The Labute approximate surface area is 160 Å². The van der Waals surface area contributed by atoms with Crippen molar-refractivity contribution in [3.05, 3.63) is 23.8 Å². The summed E-state index contributed by atoms with van der Waals surface area (Å²) < 4.78 is 24.0. The predicted octanol–water partition coefficient (Wildman–Crippen LogP) is 0.573. The maximum absolute atomic E-state index is 12.0. The summed E-state index contributed by atoms with van der Waals surface area (Å²) in [5, 5.41) is 8.30. The summed E-state index contributed by atoms with van der Waals surface area (Å²) in [7, 11) is -3.96. The molecule has 0 saturated carbocycles. The van der Waals surface area contributed by atoms with Gasteiger partial charge in [0.2, 0.25) is 15.9 Å². The Morgan fingerprint density at radius 1 is 1.22 bits per heavy atom. The fourth-order valence-corrected chi connectivity index (χ4v) is 3.77. The van der Waals surface area contributed by atoms with Gasteiger partial charge in [-0.1, -0.05) is 6.92 Å². The summed E-state index contributed by atoms with van der Waals surface area (Å²) in [6, 6.07) is 4.72. The highest BCUT2D eigenvalue weighted by Crippen LogP contribution is 2.27. The standard InChI is InChI=1S/C18H28N4O4S/c1-4-13(2)20-18(24)12-21-7-9-22(10-8-21)16-6-5-15(14(3)23)11-17(16)27(19,25)26/h5-6,11,13H,4,7-10,12H2,1-3H3,(H,20,24)(H2,19,25,26). The third-order valence-electron chi connectivity index (χ3n) is 4.77. The Bertz CT molecular complexity index is 802. The smallest absolute Gasteiger partial charge is 0.240 e. The molecule has 27 heavy (non-hydrogen) atoms. The molecule has 3 N–H and O–H groups in total. The van der Waals surface area contributed by atoms with Crippen molar-refractivity contribution in [3.8, 4) is 0 Å². The zero-order chi connectivity index (χ0) is 20.2. The van der Waals surface area contributed by atoms with Crippen molar-refractivity contribution in [2.24, 2.45) is 5.14 Å². The van der Waals surface area contributed by atoms with Gasteiger partial charge in [0.05, 0.1) is 12.2 Å². The number of nitrogens with one attached hydrogen (secondary N) is 1. The van der Waals surface area contributed by atoms with E-state index < -0.39 is 10.0 Å². The highest BCUT2D eigenvalue weighted by molar-refractivity contribution is 7.89. The fourth-order valence-electron chi connectivity index (χ4n) is 2.99. The second-order valence-corrected chi connectivity index (χ2v) is 8.45. The maximum atomic E-state index is 12.0. The van der Waals surface area contributed by atoms with Gasteiger partial charge >= 0.3 is 0 Å². The van der Waals surface area contributed by atoms with Crippen LogP contribution in [0.1, 0.15) is 37.6 Å². The molecule has 1 atom stereocenters. The lowest BCUT2D eigenvalue weighted by Gasteiger charge is -2.36. The SMILES string of the molecule is CCC(C)NC(=O)CN1CCN(c2ccc(C(C)=O)cc2S(N)(=O)=O)CC1. The molecule has 8 nitrogen and oxygen atoms in total. The molecule has 0 spiro atoms. The van der Waals surface area contributed by atoms with E-state index in [4.69, 9.17) is 5.14 Å². The highest BCUT2D eigenvalue weighted by atomic mass is 32.2. The van der Waals surface area contributed by atoms with Gasteiger partial charge in [0.25, 0.3) is 0 Å². The summed E-state index contributed by atoms with van der Waals surface area (Å²) in [5.74, 6) is -0.225. The number of nitrogens with two attached hydrogens (primary N) is 1. The number of nitrogens with zero attached hydrogens (tertiary/aromatic N) is 2. The molecule has 1 heterocycles. The Kier molecular flexibility index (Phi) is 6.96. The van der Waals surface area contributed by atoms with Crippen molar-refractivity contribution in [2.75, 3.05) is 37.6 Å². The molecule has 0 bridgehead atoms. The van der Waals surface area contributed by atoms with Crippen LogP contribution in [-0.4, -0.2) is 63.8 Å². The molecule has 0 aromatic heterocycles. The molecule has 1 unspecified atom stereocenters. The van der Waals surface area contributed by atoms with Crippen molar-refractivity contribution >= 4 is 27.4 Å². The third kappa shape index (κ3) is 5.75. The summed E-state index contributed by atoms with van der Waals surface area (Å²) in [4.78, 5) is 27.5. The van der Waals surface area contributed by atoms with Crippen LogP contribution in [0.5, 0.6) is 0 Å². The molecule has 0 aliphatic carbocycles. The van der Waals surface area contributed by atoms with Gasteiger partial charge in [-0.05, 0) is 38.5 Å². The zero-order valence-electron chi connectivity index (χ0n) is 16.1. The first-order valence-corrected chi connectivity index (χ1v) is 10.6. The Morgan fingerprint density at radius 2 is 1.85 bits per heavy atom. The van der Waals surface area contributed by atoms with Gasteiger partial charge in [-0.15, -0.1) is 0 Å². The number of hydrogen-bond donors (Lipinski definition) is 2. The molecule has 1 aromatic rings. The monoisotopic (exact) mass is 396 g/mol. The van der Waals surface area contributed by atoms with E-state index in [0.29, 0.717) is 44.0 Å². The first kappa shape index (κ1) is 21.3. The van der Waals surface area contributed by atoms with Crippen molar-refractivity contribution in [1.82, 2.24) is 10.2 Å². The van der Waals surface area contributed by atoms with Gasteiger partial charge < -0.3 is 10.2 Å². The molecule has 2 rings (SSSR count). The van der Waals surface area contributed by atoms with Gasteiger partial charge in [-0.3, -0.25) is 14.5 Å². The third-order valence-corrected chi connectivity index (χ3v) is 5.71. The summed E-state index contributed by atoms with van der Waals surface area (Å²) >= 11 is 0. The van der Waals surface area contributed by atoms with Crippen molar-refractivity contribution in [3.63, 3.8) is 0 Å². The number of Topliss-reactive ketones (excluding diaryl/α,β-unsaturated/α-hetero) is 1. The van der Waals surface area contributed by atoms with Crippen LogP contribution in [0.25, 0.3) is 0 Å². The topological polar surface area (TPSA) is 113 Å². The zero-order valence-corrected chi connectivity index (χ0v) is 16.9. The lowest BCUT2D eigenvalue weighted by Crippen LogP contribution is -2.50. The number of sulfonamides is 1. The van der Waals surface area contributed by atoms with E-state index in [0.717, 1.165) is 6.42 Å². The summed E-state index contributed by atoms with van der Waals surface area (Å²) in [5.41, 5.74) is 0.800. The van der Waals surface area contributed by atoms with Crippen LogP contribution in [0.2, 0.25) is 0 Å². The Morgan fingerprint density at radius 3 is 2.37 bits per heavy atom.